The smallest absolute Gasteiger partial charge is 0.328 e. The van der Waals surface area contributed by atoms with E-state index in [2.05, 4.69) is 38.3 Å². The van der Waals surface area contributed by atoms with Crippen LogP contribution in [0.15, 0.2) is 0 Å². The van der Waals surface area contributed by atoms with E-state index in [0.717, 1.165) is 103 Å². The number of aliphatic hydroxyl groups is 1. The van der Waals surface area contributed by atoms with Crippen LogP contribution in [0.3, 0.4) is 0 Å². The molecule has 1 heterocycles. The first-order valence-electron chi connectivity index (χ1n) is 28.6. The minimum atomic E-state index is -1.13. The quantitative estimate of drug-likeness (QED) is 0.0234. The lowest BCUT2D eigenvalue weighted by Gasteiger charge is -2.37. The van der Waals surface area contributed by atoms with Crippen LogP contribution in [-0.4, -0.2) is 71.8 Å². The molecule has 0 aromatic carbocycles. The molecule has 0 bridgehead atoms. The van der Waals surface area contributed by atoms with Crippen LogP contribution in [0.2, 0.25) is 0 Å². The molecule has 8 unspecified atom stereocenters. The average molecular weight is 963 g/mol. The van der Waals surface area contributed by atoms with Crippen molar-refractivity contribution in [2.45, 2.75) is 310 Å². The predicted molar refractivity (Wildman–Crippen MR) is 277 cm³/mol. The molecule has 0 saturated carbocycles. The van der Waals surface area contributed by atoms with E-state index in [-0.39, 0.29) is 36.2 Å². The fourth-order valence-corrected chi connectivity index (χ4v) is 9.75. The number of nitrogens with one attached hydrogen (secondary N) is 2. The molecule has 8 atom stereocenters. The zero-order valence-corrected chi connectivity index (χ0v) is 45.1. The average Bonchev–Trinajstić information content (AvgIpc) is 3.29. The Morgan fingerprint density at radius 1 is 0.574 bits per heavy atom. The molecule has 11 heteroatoms. The lowest BCUT2D eigenvalue weighted by atomic mass is 9.86. The number of ether oxygens (including phenoxy) is 3. The van der Waals surface area contributed by atoms with Crippen LogP contribution in [0, 0.1) is 23.7 Å². The SMILES string of the molecule is CCCCCCCCCCCC(CC(O)C(CCCCCC)C(=O)NC(CC(C)C)C(=O)OC(CCCCCCCCCCC)CC1OC(=O)C1CCCCCC)OC(=O)C(CC(C)C)NC=O. The first kappa shape index (κ1) is 63.3. The zero-order chi connectivity index (χ0) is 50.4. The van der Waals surface area contributed by atoms with Gasteiger partial charge in [-0.25, -0.2) is 9.59 Å². The number of cyclic esters (lactones) is 1. The lowest BCUT2D eigenvalue weighted by molar-refractivity contribution is -0.190. The summed E-state index contributed by atoms with van der Waals surface area (Å²) in [7, 11) is 0. The summed E-state index contributed by atoms with van der Waals surface area (Å²) >= 11 is 0. The third kappa shape index (κ3) is 30.1. The number of rotatable bonds is 47. The van der Waals surface area contributed by atoms with Crippen LogP contribution in [0.5, 0.6) is 0 Å². The first-order valence-corrected chi connectivity index (χ1v) is 28.6. The highest BCUT2D eigenvalue weighted by atomic mass is 16.6. The van der Waals surface area contributed by atoms with Gasteiger partial charge in [0.1, 0.15) is 30.4 Å². The Labute approximate surface area is 416 Å². The Hall–Kier alpha value is -2.69. The topological polar surface area (TPSA) is 157 Å². The summed E-state index contributed by atoms with van der Waals surface area (Å²) in [5.74, 6) is -2.39. The lowest BCUT2D eigenvalue weighted by Crippen LogP contribution is -2.50. The number of aliphatic hydroxyl groups excluding tert-OH is 1. The molecular formula is C57H106N2O9. The molecule has 1 fully saturated rings. The van der Waals surface area contributed by atoms with Crippen molar-refractivity contribution < 1.29 is 43.3 Å². The van der Waals surface area contributed by atoms with Crippen molar-refractivity contribution in [2.75, 3.05) is 0 Å². The first-order chi connectivity index (χ1) is 32.8. The molecular weight excluding hydrogens is 857 g/mol. The van der Waals surface area contributed by atoms with Crippen LogP contribution in [0.1, 0.15) is 274 Å². The summed E-state index contributed by atoms with van der Waals surface area (Å²) < 4.78 is 18.1. The third-order valence-corrected chi connectivity index (χ3v) is 14.0. The second kappa shape index (κ2) is 41.0. The molecule has 398 valence electrons. The Kier molecular flexibility index (Phi) is 38.2. The maximum absolute atomic E-state index is 14.5. The van der Waals surface area contributed by atoms with Gasteiger partial charge >= 0.3 is 17.9 Å². The minimum absolute atomic E-state index is 0.0653. The summed E-state index contributed by atoms with van der Waals surface area (Å²) in [4.78, 5) is 66.5. The van der Waals surface area contributed by atoms with Gasteiger partial charge < -0.3 is 30.0 Å². The van der Waals surface area contributed by atoms with Gasteiger partial charge in [0.25, 0.3) is 0 Å². The van der Waals surface area contributed by atoms with Crippen molar-refractivity contribution in [3.8, 4) is 0 Å². The van der Waals surface area contributed by atoms with E-state index in [0.29, 0.717) is 44.9 Å². The number of carbonyl (C=O) groups excluding carboxylic acids is 5. The maximum Gasteiger partial charge on any atom is 0.328 e. The molecule has 0 aromatic rings. The van der Waals surface area contributed by atoms with Crippen molar-refractivity contribution >= 4 is 30.2 Å². The fraction of sp³-hybridized carbons (Fsp3) is 0.912. The Balaban J connectivity index is 3.28. The number of esters is 3. The highest BCUT2D eigenvalue weighted by molar-refractivity contribution is 5.86. The number of unbranched alkanes of at least 4 members (excludes halogenated alkanes) is 22. The van der Waals surface area contributed by atoms with Gasteiger partial charge in [-0.3, -0.25) is 14.4 Å². The zero-order valence-electron chi connectivity index (χ0n) is 45.1. The highest BCUT2D eigenvalue weighted by Crippen LogP contribution is 2.33. The van der Waals surface area contributed by atoms with Gasteiger partial charge in [-0.1, -0.05) is 209 Å². The molecule has 1 aliphatic heterocycles. The second-order valence-electron chi connectivity index (χ2n) is 21.4. The molecule has 2 amide bonds. The van der Waals surface area contributed by atoms with Crippen LogP contribution >= 0.6 is 0 Å². The van der Waals surface area contributed by atoms with Crippen LogP contribution in [-0.2, 0) is 38.2 Å². The van der Waals surface area contributed by atoms with E-state index in [1.165, 1.54) is 70.6 Å². The minimum Gasteiger partial charge on any atom is -0.461 e. The van der Waals surface area contributed by atoms with Crippen molar-refractivity contribution in [3.63, 3.8) is 0 Å². The third-order valence-electron chi connectivity index (χ3n) is 14.0. The van der Waals surface area contributed by atoms with Gasteiger partial charge in [-0.05, 0) is 63.2 Å². The van der Waals surface area contributed by atoms with Crippen LogP contribution in [0.4, 0.5) is 0 Å². The second-order valence-corrected chi connectivity index (χ2v) is 21.4. The van der Waals surface area contributed by atoms with Crippen molar-refractivity contribution in [1.29, 1.82) is 0 Å². The molecule has 0 spiro atoms. The number of amides is 2. The van der Waals surface area contributed by atoms with E-state index < -0.39 is 54.2 Å². The van der Waals surface area contributed by atoms with E-state index >= 15 is 0 Å². The van der Waals surface area contributed by atoms with Gasteiger partial charge in [0, 0.05) is 12.8 Å². The maximum atomic E-state index is 14.5. The normalized spacial score (nSPS) is 17.4. The van der Waals surface area contributed by atoms with E-state index in [9.17, 15) is 29.1 Å². The number of carbonyl (C=O) groups is 5. The number of hydrogen-bond donors (Lipinski definition) is 3. The molecule has 0 aliphatic carbocycles. The summed E-state index contributed by atoms with van der Waals surface area (Å²) in [6.07, 6.45) is 30.5. The standard InChI is InChI=1S/C57H106N2O9/c1-9-13-17-21-23-25-27-29-31-35-46(66-56(64)50(58-43-60)39-44(5)6)41-52(61)48(37-33-19-15-11-3)54(62)59-51(40-45(7)8)57(65)67-47(36-32-30-28-26-24-22-18-14-10-2)42-53-49(55(63)68-53)38-34-20-16-12-4/h43-53,61H,9-42H2,1-8H3,(H,58,60)(H,59,62). The van der Waals surface area contributed by atoms with Gasteiger partial charge in [-0.2, -0.15) is 0 Å². The van der Waals surface area contributed by atoms with Gasteiger partial charge in [0.05, 0.1) is 17.9 Å². The fourth-order valence-electron chi connectivity index (χ4n) is 9.75. The summed E-state index contributed by atoms with van der Waals surface area (Å²) in [6.45, 7) is 16.7. The molecule has 0 radical (unpaired) electrons. The molecule has 11 nitrogen and oxygen atoms in total. The Morgan fingerprint density at radius 2 is 0.985 bits per heavy atom. The summed E-state index contributed by atoms with van der Waals surface area (Å²) in [6, 6.07) is -1.72. The molecule has 1 saturated heterocycles. The van der Waals surface area contributed by atoms with Crippen molar-refractivity contribution in [1.82, 2.24) is 10.6 Å². The monoisotopic (exact) mass is 963 g/mol. The number of hydrogen-bond acceptors (Lipinski definition) is 9. The largest absolute Gasteiger partial charge is 0.461 e. The molecule has 3 N–H and O–H groups in total. The van der Waals surface area contributed by atoms with E-state index in [1.54, 1.807) is 0 Å². The molecule has 1 rings (SSSR count). The van der Waals surface area contributed by atoms with Gasteiger partial charge in [0.15, 0.2) is 0 Å². The van der Waals surface area contributed by atoms with Crippen molar-refractivity contribution in [2.24, 2.45) is 23.7 Å². The molecule has 68 heavy (non-hydrogen) atoms. The molecule has 1 aliphatic rings. The van der Waals surface area contributed by atoms with Gasteiger partial charge in [-0.15, -0.1) is 0 Å². The van der Waals surface area contributed by atoms with Crippen LogP contribution in [0.25, 0.3) is 0 Å². The Morgan fingerprint density at radius 3 is 1.47 bits per heavy atom. The van der Waals surface area contributed by atoms with Crippen LogP contribution < -0.4 is 10.6 Å². The highest BCUT2D eigenvalue weighted by Gasteiger charge is 2.44. The van der Waals surface area contributed by atoms with Crippen molar-refractivity contribution in [3.05, 3.63) is 0 Å². The summed E-state index contributed by atoms with van der Waals surface area (Å²) in [5, 5.41) is 17.7. The molecule has 0 aromatic heterocycles. The van der Waals surface area contributed by atoms with Gasteiger partial charge in [0.2, 0.25) is 12.3 Å². The van der Waals surface area contributed by atoms with E-state index in [4.69, 9.17) is 14.2 Å². The Bertz CT molecular complexity index is 1290. The summed E-state index contributed by atoms with van der Waals surface area (Å²) in [5.41, 5.74) is 0. The van der Waals surface area contributed by atoms with E-state index in [1.807, 2.05) is 27.7 Å². The predicted octanol–water partition coefficient (Wildman–Crippen LogP) is 13.6.